The Kier molecular flexibility index (Phi) is 4.12. The number of halogens is 3. The van der Waals surface area contributed by atoms with Gasteiger partial charge >= 0.3 is 6.18 Å². The second-order valence-corrected chi connectivity index (χ2v) is 5.74. The maximum absolute atomic E-state index is 13.1. The van der Waals surface area contributed by atoms with Gasteiger partial charge in [-0.3, -0.25) is 10.8 Å². The number of rotatable bonds is 3. The van der Waals surface area contributed by atoms with Crippen molar-refractivity contribution in [2.45, 2.75) is 26.1 Å². The van der Waals surface area contributed by atoms with Crippen LogP contribution in [-0.2, 0) is 6.18 Å². The minimum absolute atomic E-state index is 0.0313. The quantitative estimate of drug-likeness (QED) is 0.675. The van der Waals surface area contributed by atoms with Crippen LogP contribution in [0, 0.1) is 13.8 Å². The summed E-state index contributed by atoms with van der Waals surface area (Å²) in [6, 6.07) is 2.09. The first-order valence-electron chi connectivity index (χ1n) is 5.88. The molecule has 0 saturated carbocycles. The summed E-state index contributed by atoms with van der Waals surface area (Å²) in [7, 11) is 0. The monoisotopic (exact) mass is 301 g/mol. The van der Waals surface area contributed by atoms with Gasteiger partial charge in [-0.2, -0.15) is 13.2 Å². The van der Waals surface area contributed by atoms with E-state index >= 15 is 0 Å². The summed E-state index contributed by atoms with van der Waals surface area (Å²) in [6.45, 7) is 3.84. The van der Waals surface area contributed by atoms with Gasteiger partial charge in [-0.15, -0.1) is 11.3 Å². The summed E-state index contributed by atoms with van der Waals surface area (Å²) >= 11 is 1.42. The van der Waals surface area contributed by atoms with Gasteiger partial charge in [0.1, 0.15) is 0 Å². The molecule has 2 aromatic rings. The Balaban J connectivity index is 2.53. The summed E-state index contributed by atoms with van der Waals surface area (Å²) in [5, 5.41) is 0. The summed E-state index contributed by atoms with van der Waals surface area (Å²) < 4.78 is 39.2. The average Bonchev–Trinajstić information content (AvgIpc) is 2.70. The number of thiophene rings is 1. The van der Waals surface area contributed by atoms with Crippen LogP contribution in [0.5, 0.6) is 0 Å². The number of hydrazine groups is 1. The van der Waals surface area contributed by atoms with Crippen molar-refractivity contribution in [3.63, 3.8) is 0 Å². The highest BCUT2D eigenvalue weighted by Crippen LogP contribution is 2.37. The Morgan fingerprint density at radius 1 is 1.35 bits per heavy atom. The highest BCUT2D eigenvalue weighted by Gasteiger charge is 2.35. The second-order valence-electron chi connectivity index (χ2n) is 4.45. The molecule has 0 aliphatic heterocycles. The van der Waals surface area contributed by atoms with Gasteiger partial charge < -0.3 is 0 Å². The van der Waals surface area contributed by atoms with Crippen molar-refractivity contribution in [1.82, 2.24) is 10.4 Å². The predicted molar refractivity (Wildman–Crippen MR) is 72.2 cm³/mol. The van der Waals surface area contributed by atoms with Crippen LogP contribution >= 0.6 is 11.3 Å². The molecule has 0 aromatic carbocycles. The smallest absolute Gasteiger partial charge is 0.271 e. The van der Waals surface area contributed by atoms with Gasteiger partial charge in [0.05, 0.1) is 11.6 Å². The van der Waals surface area contributed by atoms with Crippen LogP contribution in [0.4, 0.5) is 13.2 Å². The molecule has 20 heavy (non-hydrogen) atoms. The molecule has 1 atom stereocenters. The SMILES string of the molecule is Cc1cc(C(NN)c2cnccc2C(F)(F)F)sc1C. The molecule has 2 heterocycles. The predicted octanol–water partition coefficient (Wildman–Crippen LogP) is 3.33. The molecule has 0 bridgehead atoms. The molecule has 2 rings (SSSR count). The standard InChI is InChI=1S/C13H14F3N3S/c1-7-5-11(20-8(7)2)12(19-17)9-6-18-4-3-10(9)13(14,15)16/h3-6,12,19H,17H2,1-2H3. The first-order chi connectivity index (χ1) is 9.34. The number of hydrogen-bond donors (Lipinski definition) is 2. The number of nitrogens with zero attached hydrogens (tertiary/aromatic N) is 1. The van der Waals surface area contributed by atoms with E-state index in [2.05, 4.69) is 10.4 Å². The van der Waals surface area contributed by atoms with E-state index in [1.54, 1.807) is 0 Å². The normalized spacial score (nSPS) is 13.5. The fourth-order valence-electron chi connectivity index (χ4n) is 1.96. The first kappa shape index (κ1) is 15.0. The molecule has 0 saturated heterocycles. The maximum atomic E-state index is 13.1. The van der Waals surface area contributed by atoms with E-state index in [0.717, 1.165) is 27.6 Å². The molecular formula is C13H14F3N3S. The fourth-order valence-corrected chi connectivity index (χ4v) is 3.09. The lowest BCUT2D eigenvalue weighted by Crippen LogP contribution is -2.30. The summed E-state index contributed by atoms with van der Waals surface area (Å²) in [5.74, 6) is 5.47. The minimum atomic E-state index is -4.44. The van der Waals surface area contributed by atoms with E-state index in [9.17, 15) is 13.2 Å². The van der Waals surface area contributed by atoms with Crippen molar-refractivity contribution >= 4 is 11.3 Å². The van der Waals surface area contributed by atoms with Crippen molar-refractivity contribution in [3.05, 3.63) is 51.0 Å². The summed E-state index contributed by atoms with van der Waals surface area (Å²) in [4.78, 5) is 5.58. The molecule has 7 heteroatoms. The minimum Gasteiger partial charge on any atom is -0.271 e. The Bertz CT molecular complexity index is 588. The summed E-state index contributed by atoms with van der Waals surface area (Å²) in [5.41, 5.74) is 2.80. The largest absolute Gasteiger partial charge is 0.416 e. The van der Waals surface area contributed by atoms with Gasteiger partial charge in [0, 0.05) is 27.7 Å². The third-order valence-electron chi connectivity index (χ3n) is 3.10. The van der Waals surface area contributed by atoms with Crippen LogP contribution in [-0.4, -0.2) is 4.98 Å². The van der Waals surface area contributed by atoms with Crippen LogP contribution < -0.4 is 11.3 Å². The van der Waals surface area contributed by atoms with Gasteiger partial charge in [0.2, 0.25) is 0 Å². The van der Waals surface area contributed by atoms with Gasteiger partial charge in [-0.05, 0) is 31.5 Å². The zero-order valence-corrected chi connectivity index (χ0v) is 11.8. The molecule has 0 aliphatic rings. The van der Waals surface area contributed by atoms with Crippen molar-refractivity contribution < 1.29 is 13.2 Å². The third-order valence-corrected chi connectivity index (χ3v) is 4.32. The number of hydrogen-bond acceptors (Lipinski definition) is 4. The lowest BCUT2D eigenvalue weighted by atomic mass is 10.0. The average molecular weight is 301 g/mol. The number of nitrogens with one attached hydrogen (secondary N) is 1. The Labute approximate surface area is 118 Å². The zero-order valence-electron chi connectivity index (χ0n) is 11.0. The van der Waals surface area contributed by atoms with E-state index in [0.29, 0.717) is 0 Å². The highest BCUT2D eigenvalue weighted by molar-refractivity contribution is 7.12. The van der Waals surface area contributed by atoms with E-state index in [4.69, 9.17) is 5.84 Å². The van der Waals surface area contributed by atoms with Crippen molar-refractivity contribution in [2.75, 3.05) is 0 Å². The Hall–Kier alpha value is -1.44. The molecule has 3 nitrogen and oxygen atoms in total. The number of nitrogens with two attached hydrogens (primary N) is 1. The van der Waals surface area contributed by atoms with Crippen LogP contribution in [0.3, 0.4) is 0 Å². The molecule has 0 amide bonds. The second kappa shape index (κ2) is 5.51. The van der Waals surface area contributed by atoms with E-state index in [1.165, 1.54) is 17.5 Å². The molecule has 108 valence electrons. The molecule has 0 spiro atoms. The molecule has 0 fully saturated rings. The molecule has 0 aliphatic carbocycles. The van der Waals surface area contributed by atoms with Crippen molar-refractivity contribution in [1.29, 1.82) is 0 Å². The van der Waals surface area contributed by atoms with Crippen molar-refractivity contribution in [2.24, 2.45) is 5.84 Å². The molecular weight excluding hydrogens is 287 g/mol. The van der Waals surface area contributed by atoms with Crippen LogP contribution in [0.25, 0.3) is 0 Å². The van der Waals surface area contributed by atoms with Gasteiger partial charge in [0.25, 0.3) is 0 Å². The maximum Gasteiger partial charge on any atom is 0.416 e. The van der Waals surface area contributed by atoms with Crippen LogP contribution in [0.15, 0.2) is 24.5 Å². The molecule has 0 radical (unpaired) electrons. The summed E-state index contributed by atoms with van der Waals surface area (Å²) in [6.07, 6.45) is -2.10. The van der Waals surface area contributed by atoms with Crippen molar-refractivity contribution in [3.8, 4) is 0 Å². The lowest BCUT2D eigenvalue weighted by Gasteiger charge is -2.19. The van der Waals surface area contributed by atoms with E-state index < -0.39 is 17.8 Å². The lowest BCUT2D eigenvalue weighted by molar-refractivity contribution is -0.138. The molecule has 3 N–H and O–H groups in total. The van der Waals surface area contributed by atoms with E-state index in [-0.39, 0.29) is 5.56 Å². The molecule has 2 aromatic heterocycles. The number of aromatic nitrogens is 1. The topological polar surface area (TPSA) is 50.9 Å². The van der Waals surface area contributed by atoms with Gasteiger partial charge in [-0.1, -0.05) is 0 Å². The molecule has 1 unspecified atom stereocenters. The van der Waals surface area contributed by atoms with E-state index in [1.807, 2.05) is 19.9 Å². The third kappa shape index (κ3) is 2.84. The fraction of sp³-hybridized carbons (Fsp3) is 0.308. The van der Waals surface area contributed by atoms with Gasteiger partial charge in [-0.25, -0.2) is 5.43 Å². The first-order valence-corrected chi connectivity index (χ1v) is 6.70. The number of alkyl halides is 3. The number of aryl methyl sites for hydroxylation is 2. The van der Waals surface area contributed by atoms with Crippen LogP contribution in [0.1, 0.15) is 32.5 Å². The Morgan fingerprint density at radius 2 is 2.05 bits per heavy atom. The zero-order chi connectivity index (χ0) is 14.9. The Morgan fingerprint density at radius 3 is 2.55 bits per heavy atom. The highest BCUT2D eigenvalue weighted by atomic mass is 32.1. The number of pyridine rings is 1. The van der Waals surface area contributed by atoms with Gasteiger partial charge in [0.15, 0.2) is 0 Å². The van der Waals surface area contributed by atoms with Crippen LogP contribution in [0.2, 0.25) is 0 Å².